The molecule has 7 nitrogen and oxygen atoms in total. The number of para-hydroxylation sites is 1. The average molecular weight is 465 g/mol. The van der Waals surface area contributed by atoms with E-state index in [1.54, 1.807) is 24.3 Å². The van der Waals surface area contributed by atoms with E-state index in [1.807, 2.05) is 78.2 Å². The fourth-order valence-electron chi connectivity index (χ4n) is 4.05. The van der Waals surface area contributed by atoms with Crippen LogP contribution in [0.15, 0.2) is 102 Å². The Hall–Kier alpha value is -4.65. The van der Waals surface area contributed by atoms with Crippen molar-refractivity contribution >= 4 is 22.6 Å². The van der Waals surface area contributed by atoms with Gasteiger partial charge in [0, 0.05) is 11.4 Å². The Morgan fingerprint density at radius 1 is 0.943 bits per heavy atom. The van der Waals surface area contributed by atoms with Crippen molar-refractivity contribution in [2.75, 3.05) is 11.9 Å². The van der Waals surface area contributed by atoms with Crippen LogP contribution in [-0.4, -0.2) is 26.6 Å². The Morgan fingerprint density at radius 2 is 1.63 bits per heavy atom. The van der Waals surface area contributed by atoms with Crippen LogP contribution in [0, 0.1) is 0 Å². The van der Waals surface area contributed by atoms with Crippen LogP contribution in [0.25, 0.3) is 28.0 Å². The molecule has 0 aliphatic carbocycles. The SMILES string of the molecule is CCOc1ccc(NC(=O)Cn2cnc3c(cc(-c4ccccc4)n3-c3ccccc3)c2=O)cc1. The molecule has 1 N–H and O–H groups in total. The zero-order chi connectivity index (χ0) is 24.2. The fourth-order valence-corrected chi connectivity index (χ4v) is 4.05. The number of rotatable bonds is 7. The molecule has 1 amide bonds. The van der Waals surface area contributed by atoms with E-state index >= 15 is 0 Å². The lowest BCUT2D eigenvalue weighted by Crippen LogP contribution is -2.27. The van der Waals surface area contributed by atoms with Gasteiger partial charge in [0.05, 0.1) is 17.7 Å². The number of nitrogens with one attached hydrogen (secondary N) is 1. The zero-order valence-corrected chi connectivity index (χ0v) is 19.2. The third-order valence-corrected chi connectivity index (χ3v) is 5.63. The van der Waals surface area contributed by atoms with Crippen LogP contribution in [-0.2, 0) is 11.3 Å². The first-order valence-corrected chi connectivity index (χ1v) is 11.4. The van der Waals surface area contributed by atoms with Crippen LogP contribution >= 0.6 is 0 Å². The summed E-state index contributed by atoms with van der Waals surface area (Å²) in [6, 6.07) is 28.6. The molecule has 5 rings (SSSR count). The molecule has 0 atom stereocenters. The van der Waals surface area contributed by atoms with Gasteiger partial charge in [0.15, 0.2) is 5.65 Å². The monoisotopic (exact) mass is 464 g/mol. The molecule has 0 radical (unpaired) electrons. The standard InChI is InChI=1S/C28H24N4O3/c1-2-35-23-15-13-21(14-16-23)30-26(33)18-31-19-29-27-24(28(31)34)17-25(20-9-5-3-6-10-20)32(27)22-11-7-4-8-12-22/h3-17,19H,2,18H2,1H3,(H,30,33). The highest BCUT2D eigenvalue weighted by Crippen LogP contribution is 2.29. The molecule has 0 spiro atoms. The first-order valence-electron chi connectivity index (χ1n) is 11.4. The summed E-state index contributed by atoms with van der Waals surface area (Å²) in [5, 5.41) is 3.26. The van der Waals surface area contributed by atoms with Crippen LogP contribution in [0.2, 0.25) is 0 Å². The third-order valence-electron chi connectivity index (χ3n) is 5.63. The highest BCUT2D eigenvalue weighted by molar-refractivity contribution is 5.91. The normalized spacial score (nSPS) is 10.9. The summed E-state index contributed by atoms with van der Waals surface area (Å²) in [5.41, 5.74) is 3.62. The Balaban J connectivity index is 1.49. The molecule has 0 bridgehead atoms. The summed E-state index contributed by atoms with van der Waals surface area (Å²) in [7, 11) is 0. The first kappa shape index (κ1) is 22.2. The molecule has 0 aliphatic rings. The number of fused-ring (bicyclic) bond motifs is 1. The van der Waals surface area contributed by atoms with E-state index in [1.165, 1.54) is 10.9 Å². The quantitative estimate of drug-likeness (QED) is 0.372. The number of ether oxygens (including phenoxy) is 1. The molecule has 3 aromatic carbocycles. The van der Waals surface area contributed by atoms with E-state index < -0.39 is 0 Å². The van der Waals surface area contributed by atoms with Crippen molar-refractivity contribution in [2.45, 2.75) is 13.5 Å². The number of nitrogens with zero attached hydrogens (tertiary/aromatic N) is 3. The molecular formula is C28H24N4O3. The van der Waals surface area contributed by atoms with Crippen molar-refractivity contribution in [3.05, 3.63) is 108 Å². The molecule has 0 saturated heterocycles. The highest BCUT2D eigenvalue weighted by Gasteiger charge is 2.17. The van der Waals surface area contributed by atoms with E-state index in [0.717, 1.165) is 22.7 Å². The molecule has 0 fully saturated rings. The predicted octanol–water partition coefficient (Wildman–Crippen LogP) is 4.89. The second-order valence-electron chi connectivity index (χ2n) is 7.99. The topological polar surface area (TPSA) is 78.2 Å². The van der Waals surface area contributed by atoms with Crippen LogP contribution in [0.3, 0.4) is 0 Å². The van der Waals surface area contributed by atoms with Gasteiger partial charge >= 0.3 is 0 Å². The van der Waals surface area contributed by atoms with Crippen molar-refractivity contribution in [1.82, 2.24) is 14.1 Å². The molecule has 2 heterocycles. The smallest absolute Gasteiger partial charge is 0.263 e. The largest absolute Gasteiger partial charge is 0.494 e. The van der Waals surface area contributed by atoms with E-state index in [0.29, 0.717) is 23.3 Å². The molecule has 7 heteroatoms. The third kappa shape index (κ3) is 4.56. The number of amides is 1. The Kier molecular flexibility index (Phi) is 6.13. The second kappa shape index (κ2) is 9.69. The molecule has 2 aromatic heterocycles. The van der Waals surface area contributed by atoms with E-state index in [9.17, 15) is 9.59 Å². The summed E-state index contributed by atoms with van der Waals surface area (Å²) in [6.07, 6.45) is 1.43. The zero-order valence-electron chi connectivity index (χ0n) is 19.2. The van der Waals surface area contributed by atoms with Gasteiger partial charge in [-0.25, -0.2) is 4.98 Å². The van der Waals surface area contributed by atoms with Gasteiger partial charge < -0.3 is 10.1 Å². The summed E-state index contributed by atoms with van der Waals surface area (Å²) >= 11 is 0. The maximum absolute atomic E-state index is 13.4. The highest BCUT2D eigenvalue weighted by atomic mass is 16.5. The Labute approximate surface area is 202 Å². The molecule has 35 heavy (non-hydrogen) atoms. The lowest BCUT2D eigenvalue weighted by Gasteiger charge is -2.11. The minimum atomic E-state index is -0.316. The van der Waals surface area contributed by atoms with Crippen LogP contribution in [0.1, 0.15) is 6.92 Å². The number of aromatic nitrogens is 3. The molecule has 0 saturated carbocycles. The van der Waals surface area contributed by atoms with Crippen molar-refractivity contribution in [1.29, 1.82) is 0 Å². The average Bonchev–Trinajstić information content (AvgIpc) is 3.29. The minimum Gasteiger partial charge on any atom is -0.494 e. The minimum absolute atomic E-state index is 0.147. The summed E-state index contributed by atoms with van der Waals surface area (Å²) in [4.78, 5) is 30.6. The second-order valence-corrected chi connectivity index (χ2v) is 7.99. The summed E-state index contributed by atoms with van der Waals surface area (Å²) < 4.78 is 8.72. The Morgan fingerprint density at radius 3 is 2.31 bits per heavy atom. The van der Waals surface area contributed by atoms with Crippen molar-refractivity contribution in [3.63, 3.8) is 0 Å². The van der Waals surface area contributed by atoms with Gasteiger partial charge in [-0.1, -0.05) is 48.5 Å². The van der Waals surface area contributed by atoms with Crippen LogP contribution in [0.4, 0.5) is 5.69 Å². The number of hydrogen-bond acceptors (Lipinski definition) is 4. The number of hydrogen-bond donors (Lipinski definition) is 1. The van der Waals surface area contributed by atoms with Crippen molar-refractivity contribution in [3.8, 4) is 22.7 Å². The van der Waals surface area contributed by atoms with Crippen molar-refractivity contribution < 1.29 is 9.53 Å². The van der Waals surface area contributed by atoms with E-state index in [-0.39, 0.29) is 18.0 Å². The van der Waals surface area contributed by atoms with Gasteiger partial charge in [-0.2, -0.15) is 0 Å². The summed E-state index contributed by atoms with van der Waals surface area (Å²) in [5.74, 6) is 0.414. The summed E-state index contributed by atoms with van der Waals surface area (Å²) in [6.45, 7) is 2.34. The molecule has 174 valence electrons. The van der Waals surface area contributed by atoms with Gasteiger partial charge in [-0.15, -0.1) is 0 Å². The Bertz CT molecular complexity index is 1520. The lowest BCUT2D eigenvalue weighted by atomic mass is 10.1. The van der Waals surface area contributed by atoms with E-state index in [2.05, 4.69) is 10.3 Å². The maximum atomic E-state index is 13.4. The number of carbonyl (C=O) groups is 1. The lowest BCUT2D eigenvalue weighted by molar-refractivity contribution is -0.116. The van der Waals surface area contributed by atoms with E-state index in [4.69, 9.17) is 4.74 Å². The van der Waals surface area contributed by atoms with Crippen LogP contribution < -0.4 is 15.6 Å². The molecular weight excluding hydrogens is 440 g/mol. The predicted molar refractivity (Wildman–Crippen MR) is 137 cm³/mol. The van der Waals surface area contributed by atoms with Crippen LogP contribution in [0.5, 0.6) is 5.75 Å². The van der Waals surface area contributed by atoms with Gasteiger partial charge in [0.2, 0.25) is 5.91 Å². The van der Waals surface area contributed by atoms with Gasteiger partial charge in [0.1, 0.15) is 18.6 Å². The number of carbonyl (C=O) groups excluding carboxylic acids is 1. The number of anilines is 1. The fraction of sp³-hybridized carbons (Fsp3) is 0.107. The maximum Gasteiger partial charge on any atom is 0.263 e. The van der Waals surface area contributed by atoms with Crippen molar-refractivity contribution in [2.24, 2.45) is 0 Å². The molecule has 0 aliphatic heterocycles. The first-order chi connectivity index (χ1) is 17.1. The van der Waals surface area contributed by atoms with Gasteiger partial charge in [-0.3, -0.25) is 18.7 Å². The molecule has 5 aromatic rings. The van der Waals surface area contributed by atoms with Gasteiger partial charge in [-0.05, 0) is 55.0 Å². The number of benzene rings is 3. The van der Waals surface area contributed by atoms with Gasteiger partial charge in [0.25, 0.3) is 5.56 Å². The molecule has 0 unspecified atom stereocenters.